The number of nitrogens with zero attached hydrogens (tertiary/aromatic N) is 1. The molecule has 0 N–H and O–H groups in total. The predicted molar refractivity (Wildman–Crippen MR) is 59.4 cm³/mol. The second kappa shape index (κ2) is 5.31. The molecule has 0 atom stereocenters. The fourth-order valence-electron chi connectivity index (χ4n) is 0.816. The lowest BCUT2D eigenvalue weighted by Crippen LogP contribution is -2.34. The molecule has 0 aromatic carbocycles. The normalized spacial score (nSPS) is 13.1. The van der Waals surface area contributed by atoms with E-state index in [1.807, 2.05) is 13.2 Å². The monoisotopic (exact) mass is 185 g/mol. The van der Waals surface area contributed by atoms with Crippen molar-refractivity contribution in [3.63, 3.8) is 0 Å². The summed E-state index contributed by atoms with van der Waals surface area (Å²) in [6, 6.07) is 0. The highest BCUT2D eigenvalue weighted by molar-refractivity contribution is 7.83. The van der Waals surface area contributed by atoms with Gasteiger partial charge in [-0.15, -0.1) is 12.6 Å². The van der Waals surface area contributed by atoms with Crippen LogP contribution >= 0.6 is 12.6 Å². The summed E-state index contributed by atoms with van der Waals surface area (Å²) < 4.78 is 0. The van der Waals surface area contributed by atoms with Gasteiger partial charge in [0, 0.05) is 13.2 Å². The van der Waals surface area contributed by atoms with Crippen LogP contribution in [0, 0.1) is 0 Å². The molecule has 0 fully saturated rings. The lowest BCUT2D eigenvalue weighted by atomic mass is 10.0. The zero-order chi connectivity index (χ0) is 9.61. The molecule has 0 bridgehead atoms. The standard InChI is InChI=1S/C10H19NS/c1-5-6-7-10(2,3)11(4)8-9-12/h6-9,12H,5H2,1-4H3/b7-6-,9-8-. The third kappa shape index (κ3) is 3.86. The summed E-state index contributed by atoms with van der Waals surface area (Å²) >= 11 is 4.04. The van der Waals surface area contributed by atoms with E-state index >= 15 is 0 Å². The van der Waals surface area contributed by atoms with Crippen LogP contribution in [0.2, 0.25) is 0 Å². The van der Waals surface area contributed by atoms with Crippen molar-refractivity contribution in [1.29, 1.82) is 0 Å². The van der Waals surface area contributed by atoms with Crippen molar-refractivity contribution in [3.8, 4) is 0 Å². The van der Waals surface area contributed by atoms with Gasteiger partial charge in [0.2, 0.25) is 0 Å². The van der Waals surface area contributed by atoms with Gasteiger partial charge in [-0.1, -0.05) is 19.1 Å². The number of likely N-dealkylation sites (N-methyl/N-ethyl adjacent to an activating group) is 1. The summed E-state index contributed by atoms with van der Waals surface area (Å²) in [7, 11) is 2.05. The molecule has 0 amide bonds. The molecule has 0 aliphatic rings. The second-order valence-corrected chi connectivity index (χ2v) is 3.67. The number of hydrogen-bond donors (Lipinski definition) is 1. The Kier molecular flexibility index (Phi) is 5.14. The van der Waals surface area contributed by atoms with Gasteiger partial charge in [-0.05, 0) is 25.7 Å². The van der Waals surface area contributed by atoms with Gasteiger partial charge in [0.25, 0.3) is 0 Å². The Morgan fingerprint density at radius 2 is 2.00 bits per heavy atom. The van der Waals surface area contributed by atoms with Crippen molar-refractivity contribution in [1.82, 2.24) is 4.90 Å². The van der Waals surface area contributed by atoms with Gasteiger partial charge in [0.15, 0.2) is 0 Å². The summed E-state index contributed by atoms with van der Waals surface area (Å²) in [6.45, 7) is 6.49. The van der Waals surface area contributed by atoms with Gasteiger partial charge in [-0.3, -0.25) is 0 Å². The van der Waals surface area contributed by atoms with Gasteiger partial charge in [-0.2, -0.15) is 0 Å². The largest absolute Gasteiger partial charge is 0.371 e. The molecule has 1 nitrogen and oxygen atoms in total. The molecule has 0 spiro atoms. The minimum atomic E-state index is 0.0786. The molecule has 0 heterocycles. The van der Waals surface area contributed by atoms with Crippen molar-refractivity contribution >= 4 is 12.6 Å². The van der Waals surface area contributed by atoms with Crippen molar-refractivity contribution in [2.45, 2.75) is 32.7 Å². The number of allylic oxidation sites excluding steroid dienone is 1. The van der Waals surface area contributed by atoms with E-state index in [0.717, 1.165) is 6.42 Å². The molecule has 0 rings (SSSR count). The number of hydrogen-bond acceptors (Lipinski definition) is 2. The SMILES string of the molecule is CC/C=C\C(C)(C)N(C)/C=C\S. The Morgan fingerprint density at radius 3 is 2.42 bits per heavy atom. The maximum atomic E-state index is 4.04. The van der Waals surface area contributed by atoms with Crippen molar-refractivity contribution in [2.24, 2.45) is 0 Å². The van der Waals surface area contributed by atoms with Gasteiger partial charge < -0.3 is 4.90 Å². The van der Waals surface area contributed by atoms with Crippen LogP contribution in [-0.4, -0.2) is 17.5 Å². The van der Waals surface area contributed by atoms with E-state index < -0.39 is 0 Å². The smallest absolute Gasteiger partial charge is 0.0519 e. The average molecular weight is 185 g/mol. The summed E-state index contributed by atoms with van der Waals surface area (Å²) in [4.78, 5) is 2.13. The van der Waals surface area contributed by atoms with Crippen LogP contribution < -0.4 is 0 Å². The number of rotatable bonds is 4. The third-order valence-corrected chi connectivity index (χ3v) is 2.09. The maximum Gasteiger partial charge on any atom is 0.0519 e. The molecule has 0 saturated carbocycles. The quantitative estimate of drug-likeness (QED) is 0.520. The van der Waals surface area contributed by atoms with Gasteiger partial charge in [0.05, 0.1) is 5.54 Å². The minimum Gasteiger partial charge on any atom is -0.371 e. The van der Waals surface area contributed by atoms with Crippen LogP contribution in [-0.2, 0) is 0 Å². The molecule has 2 heteroatoms. The van der Waals surface area contributed by atoms with Crippen LogP contribution in [0.25, 0.3) is 0 Å². The first-order chi connectivity index (χ1) is 5.54. The average Bonchev–Trinajstić information content (AvgIpc) is 2.01. The fourth-order valence-corrected chi connectivity index (χ4v) is 1.02. The lowest BCUT2D eigenvalue weighted by molar-refractivity contribution is 0.286. The predicted octanol–water partition coefficient (Wildman–Crippen LogP) is 3.06. The third-order valence-electron chi connectivity index (χ3n) is 1.96. The summed E-state index contributed by atoms with van der Waals surface area (Å²) in [5.74, 6) is 0. The minimum absolute atomic E-state index is 0.0786. The first-order valence-corrected chi connectivity index (χ1v) is 4.77. The zero-order valence-electron chi connectivity index (χ0n) is 8.41. The van der Waals surface area contributed by atoms with Gasteiger partial charge in [0.1, 0.15) is 0 Å². The van der Waals surface area contributed by atoms with Crippen molar-refractivity contribution in [2.75, 3.05) is 7.05 Å². The van der Waals surface area contributed by atoms with E-state index in [4.69, 9.17) is 0 Å². The van der Waals surface area contributed by atoms with E-state index in [2.05, 4.69) is 50.5 Å². The highest BCUT2D eigenvalue weighted by atomic mass is 32.1. The summed E-state index contributed by atoms with van der Waals surface area (Å²) in [5, 5.41) is 1.75. The molecule has 0 saturated heterocycles. The fraction of sp³-hybridized carbons (Fsp3) is 0.600. The van der Waals surface area contributed by atoms with E-state index in [1.165, 1.54) is 0 Å². The molecule has 0 aliphatic heterocycles. The highest BCUT2D eigenvalue weighted by Gasteiger charge is 2.15. The molecule has 70 valence electrons. The lowest BCUT2D eigenvalue weighted by Gasteiger charge is -2.31. The Hall–Kier alpha value is -0.370. The molecule has 0 aliphatic carbocycles. The topological polar surface area (TPSA) is 3.24 Å². The first-order valence-electron chi connectivity index (χ1n) is 4.26. The molecule has 0 radical (unpaired) electrons. The van der Waals surface area contributed by atoms with Crippen LogP contribution in [0.3, 0.4) is 0 Å². The van der Waals surface area contributed by atoms with E-state index in [-0.39, 0.29) is 5.54 Å². The molecule has 0 unspecified atom stereocenters. The maximum absolute atomic E-state index is 4.04. The van der Waals surface area contributed by atoms with E-state index in [0.29, 0.717) is 0 Å². The second-order valence-electron chi connectivity index (χ2n) is 3.37. The first kappa shape index (κ1) is 11.6. The molecule has 0 aromatic rings. The Balaban J connectivity index is 4.27. The van der Waals surface area contributed by atoms with E-state index in [9.17, 15) is 0 Å². The van der Waals surface area contributed by atoms with Crippen LogP contribution in [0.5, 0.6) is 0 Å². The van der Waals surface area contributed by atoms with Gasteiger partial charge in [-0.25, -0.2) is 0 Å². The molecule has 0 aromatic heterocycles. The zero-order valence-corrected chi connectivity index (χ0v) is 9.31. The Morgan fingerprint density at radius 1 is 1.42 bits per heavy atom. The number of thiol groups is 1. The van der Waals surface area contributed by atoms with Crippen LogP contribution in [0.1, 0.15) is 27.2 Å². The van der Waals surface area contributed by atoms with Crippen LogP contribution in [0.4, 0.5) is 0 Å². The van der Waals surface area contributed by atoms with E-state index in [1.54, 1.807) is 5.41 Å². The Labute approximate surface area is 81.6 Å². The highest BCUT2D eigenvalue weighted by Crippen LogP contribution is 2.14. The molecular weight excluding hydrogens is 166 g/mol. The van der Waals surface area contributed by atoms with Gasteiger partial charge >= 0.3 is 0 Å². The Bertz CT molecular complexity index is 171. The van der Waals surface area contributed by atoms with Crippen molar-refractivity contribution in [3.05, 3.63) is 23.8 Å². The van der Waals surface area contributed by atoms with Crippen molar-refractivity contribution < 1.29 is 0 Å². The molecule has 12 heavy (non-hydrogen) atoms. The summed E-state index contributed by atoms with van der Waals surface area (Å²) in [6.07, 6.45) is 7.44. The van der Waals surface area contributed by atoms with Crippen LogP contribution in [0.15, 0.2) is 23.8 Å². The molecular formula is C10H19NS. The summed E-state index contributed by atoms with van der Waals surface area (Å²) in [5.41, 5.74) is 0.0786.